The van der Waals surface area contributed by atoms with Gasteiger partial charge in [-0.2, -0.15) is 0 Å². The number of fused-ring (bicyclic) bond motifs is 1. The Morgan fingerprint density at radius 3 is 2.42 bits per heavy atom. The molecular formula is C19H15N3O2. The fourth-order valence-corrected chi connectivity index (χ4v) is 2.90. The van der Waals surface area contributed by atoms with Gasteiger partial charge in [-0.3, -0.25) is 4.79 Å². The van der Waals surface area contributed by atoms with Gasteiger partial charge in [0.05, 0.1) is 24.5 Å². The highest BCUT2D eigenvalue weighted by molar-refractivity contribution is 6.01. The Kier molecular flexibility index (Phi) is 3.39. The number of nitrogens with one attached hydrogen (secondary N) is 2. The first-order valence-electron chi connectivity index (χ1n) is 7.57. The average molecular weight is 317 g/mol. The van der Waals surface area contributed by atoms with Crippen LogP contribution in [0, 0.1) is 0 Å². The van der Waals surface area contributed by atoms with Crippen molar-refractivity contribution >= 4 is 11.0 Å². The summed E-state index contributed by atoms with van der Waals surface area (Å²) in [5, 5.41) is 0.557. The summed E-state index contributed by atoms with van der Waals surface area (Å²) in [4.78, 5) is 22.6. The number of nitrogens with zero attached hydrogens (tertiary/aromatic N) is 1. The van der Waals surface area contributed by atoms with Crippen molar-refractivity contribution in [3.8, 4) is 28.1 Å². The Hall–Kier alpha value is -3.34. The smallest absolute Gasteiger partial charge is 0.260 e. The molecule has 2 N–H and O–H groups in total. The van der Waals surface area contributed by atoms with Crippen LogP contribution >= 0.6 is 0 Å². The number of aromatic amines is 2. The zero-order chi connectivity index (χ0) is 16.5. The summed E-state index contributed by atoms with van der Waals surface area (Å²) in [6.45, 7) is 0. The minimum atomic E-state index is -0.163. The van der Waals surface area contributed by atoms with Crippen LogP contribution < -0.4 is 10.3 Å². The molecule has 0 radical (unpaired) electrons. The standard InChI is InChI=1S/C19H15N3O2/c1-24-14-9-7-12(8-10-14)15-16-18(20-11-21-19(16)23)22-17(15)13-5-3-2-4-6-13/h2-11H,1H3,(H2,20,21,22,23). The molecule has 5 heteroatoms. The summed E-state index contributed by atoms with van der Waals surface area (Å²) in [5.41, 5.74) is 4.06. The maximum absolute atomic E-state index is 12.4. The number of aromatic nitrogens is 3. The van der Waals surface area contributed by atoms with Crippen molar-refractivity contribution in [2.75, 3.05) is 7.11 Å². The van der Waals surface area contributed by atoms with Crippen molar-refractivity contribution < 1.29 is 4.74 Å². The number of methoxy groups -OCH3 is 1. The third-order valence-electron chi connectivity index (χ3n) is 4.04. The van der Waals surface area contributed by atoms with E-state index in [2.05, 4.69) is 15.0 Å². The van der Waals surface area contributed by atoms with Crippen LogP contribution in [-0.4, -0.2) is 22.1 Å². The minimum absolute atomic E-state index is 0.163. The Balaban J connectivity index is 2.05. The molecule has 2 aromatic carbocycles. The highest BCUT2D eigenvalue weighted by Gasteiger charge is 2.18. The Morgan fingerprint density at radius 1 is 0.958 bits per heavy atom. The molecule has 0 saturated heterocycles. The van der Waals surface area contributed by atoms with E-state index in [0.29, 0.717) is 11.0 Å². The number of hydrogen-bond acceptors (Lipinski definition) is 3. The van der Waals surface area contributed by atoms with Crippen LogP contribution in [0.15, 0.2) is 65.7 Å². The van der Waals surface area contributed by atoms with Gasteiger partial charge in [-0.15, -0.1) is 0 Å². The third-order valence-corrected chi connectivity index (χ3v) is 4.04. The van der Waals surface area contributed by atoms with Crippen molar-refractivity contribution in [2.24, 2.45) is 0 Å². The lowest BCUT2D eigenvalue weighted by atomic mass is 9.99. The molecular weight excluding hydrogens is 302 g/mol. The number of ether oxygens (including phenoxy) is 1. The molecule has 0 aliphatic rings. The van der Waals surface area contributed by atoms with Crippen LogP contribution in [0.3, 0.4) is 0 Å². The van der Waals surface area contributed by atoms with E-state index in [-0.39, 0.29) is 5.56 Å². The van der Waals surface area contributed by atoms with Gasteiger partial charge < -0.3 is 14.7 Å². The van der Waals surface area contributed by atoms with Crippen LogP contribution in [0.5, 0.6) is 5.75 Å². The molecule has 2 aromatic heterocycles. The van der Waals surface area contributed by atoms with Gasteiger partial charge in [-0.1, -0.05) is 42.5 Å². The van der Waals surface area contributed by atoms with Crippen molar-refractivity contribution in [1.82, 2.24) is 15.0 Å². The topological polar surface area (TPSA) is 70.8 Å². The van der Waals surface area contributed by atoms with E-state index in [1.165, 1.54) is 6.33 Å². The second kappa shape index (κ2) is 5.70. The summed E-state index contributed by atoms with van der Waals surface area (Å²) in [7, 11) is 1.63. The van der Waals surface area contributed by atoms with E-state index in [0.717, 1.165) is 28.1 Å². The van der Waals surface area contributed by atoms with Gasteiger partial charge in [-0.05, 0) is 23.3 Å². The van der Waals surface area contributed by atoms with Crippen molar-refractivity contribution in [3.05, 3.63) is 71.3 Å². The van der Waals surface area contributed by atoms with Crippen LogP contribution in [0.2, 0.25) is 0 Å². The SMILES string of the molecule is COc1ccc(-c2c(-c3ccccc3)[nH]c3nc[nH]c(=O)c23)cc1. The first-order valence-corrected chi connectivity index (χ1v) is 7.57. The van der Waals surface area contributed by atoms with Crippen LogP contribution in [-0.2, 0) is 0 Å². The molecule has 0 atom stereocenters. The van der Waals surface area contributed by atoms with Crippen molar-refractivity contribution in [1.29, 1.82) is 0 Å². The fourth-order valence-electron chi connectivity index (χ4n) is 2.90. The minimum Gasteiger partial charge on any atom is -0.497 e. The van der Waals surface area contributed by atoms with Crippen LogP contribution in [0.4, 0.5) is 0 Å². The molecule has 4 rings (SSSR count). The highest BCUT2D eigenvalue weighted by Crippen LogP contribution is 2.36. The summed E-state index contributed by atoms with van der Waals surface area (Å²) < 4.78 is 5.22. The quantitative estimate of drug-likeness (QED) is 0.606. The van der Waals surface area contributed by atoms with Crippen LogP contribution in [0.1, 0.15) is 0 Å². The average Bonchev–Trinajstić information content (AvgIpc) is 3.03. The fraction of sp³-hybridized carbons (Fsp3) is 0.0526. The summed E-state index contributed by atoms with van der Waals surface area (Å²) >= 11 is 0. The third kappa shape index (κ3) is 2.27. The summed E-state index contributed by atoms with van der Waals surface area (Å²) in [6.07, 6.45) is 1.41. The molecule has 0 saturated carbocycles. The molecule has 0 aliphatic carbocycles. The zero-order valence-corrected chi connectivity index (χ0v) is 13.0. The molecule has 0 aliphatic heterocycles. The van der Waals surface area contributed by atoms with Gasteiger partial charge in [0.15, 0.2) is 0 Å². The van der Waals surface area contributed by atoms with Gasteiger partial charge in [0, 0.05) is 5.56 Å². The van der Waals surface area contributed by atoms with Gasteiger partial charge in [0.1, 0.15) is 11.4 Å². The van der Waals surface area contributed by atoms with E-state index in [4.69, 9.17) is 4.74 Å². The molecule has 24 heavy (non-hydrogen) atoms. The monoisotopic (exact) mass is 317 g/mol. The van der Waals surface area contributed by atoms with Crippen molar-refractivity contribution in [3.63, 3.8) is 0 Å². The second-order valence-corrected chi connectivity index (χ2v) is 5.42. The number of benzene rings is 2. The van der Waals surface area contributed by atoms with Gasteiger partial charge in [0.2, 0.25) is 0 Å². The molecule has 0 spiro atoms. The Bertz CT molecular complexity index is 1050. The number of rotatable bonds is 3. The maximum atomic E-state index is 12.4. The molecule has 2 heterocycles. The molecule has 0 amide bonds. The molecule has 0 bridgehead atoms. The molecule has 5 nitrogen and oxygen atoms in total. The highest BCUT2D eigenvalue weighted by atomic mass is 16.5. The van der Waals surface area contributed by atoms with E-state index >= 15 is 0 Å². The second-order valence-electron chi connectivity index (χ2n) is 5.42. The predicted molar refractivity (Wildman–Crippen MR) is 94.1 cm³/mol. The lowest BCUT2D eigenvalue weighted by Gasteiger charge is -2.06. The first-order chi connectivity index (χ1) is 11.8. The molecule has 0 unspecified atom stereocenters. The number of hydrogen-bond donors (Lipinski definition) is 2. The largest absolute Gasteiger partial charge is 0.497 e. The Labute approximate surface area is 138 Å². The van der Waals surface area contributed by atoms with E-state index in [1.807, 2.05) is 54.6 Å². The van der Waals surface area contributed by atoms with Gasteiger partial charge in [-0.25, -0.2) is 4.98 Å². The summed E-state index contributed by atoms with van der Waals surface area (Å²) in [6, 6.07) is 17.6. The molecule has 4 aromatic rings. The van der Waals surface area contributed by atoms with E-state index < -0.39 is 0 Å². The lowest BCUT2D eigenvalue weighted by molar-refractivity contribution is 0.415. The van der Waals surface area contributed by atoms with E-state index in [1.54, 1.807) is 7.11 Å². The van der Waals surface area contributed by atoms with E-state index in [9.17, 15) is 4.79 Å². The predicted octanol–water partition coefficient (Wildman–Crippen LogP) is 3.59. The van der Waals surface area contributed by atoms with Gasteiger partial charge in [0.25, 0.3) is 5.56 Å². The summed E-state index contributed by atoms with van der Waals surface area (Å²) in [5.74, 6) is 0.770. The Morgan fingerprint density at radius 2 is 1.71 bits per heavy atom. The molecule has 0 fully saturated rings. The van der Waals surface area contributed by atoms with Crippen molar-refractivity contribution in [2.45, 2.75) is 0 Å². The lowest BCUT2D eigenvalue weighted by Crippen LogP contribution is -2.05. The molecule has 118 valence electrons. The number of H-pyrrole nitrogens is 2. The maximum Gasteiger partial charge on any atom is 0.260 e. The normalized spacial score (nSPS) is 10.9. The zero-order valence-electron chi connectivity index (χ0n) is 13.0. The van der Waals surface area contributed by atoms with Gasteiger partial charge >= 0.3 is 0 Å². The van der Waals surface area contributed by atoms with Crippen LogP contribution in [0.25, 0.3) is 33.4 Å². The first kappa shape index (κ1) is 14.3.